The molecule has 1 aromatic heterocycles. The molecule has 0 unspecified atom stereocenters. The molecule has 2 aromatic rings. The van der Waals surface area contributed by atoms with Crippen LogP contribution < -0.4 is 5.32 Å². The Balaban J connectivity index is 1.64. The Kier molecular flexibility index (Phi) is 4.16. The second-order valence-electron chi connectivity index (χ2n) is 4.41. The normalized spacial score (nSPS) is 16.4. The van der Waals surface area contributed by atoms with E-state index in [2.05, 4.69) is 10.3 Å². The molecule has 7 heteroatoms. The maximum atomic E-state index is 11.9. The molecule has 1 aliphatic rings. The van der Waals surface area contributed by atoms with Crippen LogP contribution in [0.1, 0.15) is 12.8 Å². The van der Waals surface area contributed by atoms with E-state index in [0.717, 1.165) is 16.6 Å². The van der Waals surface area contributed by atoms with Gasteiger partial charge in [0.2, 0.25) is 5.91 Å². The minimum atomic E-state index is -0.451. The highest BCUT2D eigenvalue weighted by Crippen LogP contribution is 2.28. The number of nitrogens with zero attached hydrogens (tertiary/aromatic N) is 1. The van der Waals surface area contributed by atoms with E-state index in [4.69, 9.17) is 21.1 Å². The van der Waals surface area contributed by atoms with Crippen molar-refractivity contribution in [3.8, 4) is 0 Å². The minimum Gasteiger partial charge on any atom is -0.352 e. The highest BCUT2D eigenvalue weighted by molar-refractivity contribution is 7.22. The number of amides is 1. The summed E-state index contributed by atoms with van der Waals surface area (Å²) in [6, 6.07) is 5.46. The van der Waals surface area contributed by atoms with Crippen LogP contribution >= 0.6 is 22.9 Å². The van der Waals surface area contributed by atoms with Crippen molar-refractivity contribution in [1.82, 2.24) is 4.98 Å². The number of rotatable bonds is 3. The standard InChI is InChI=1S/C13H13ClN2O3S/c14-8-2-3-10-9(6-8)15-13(20-10)16-11(17)7-12-18-4-1-5-19-12/h2-3,6,12H,1,4-5,7H2,(H,15,16,17). The number of carbonyl (C=O) groups excluding carboxylic acids is 1. The van der Waals surface area contributed by atoms with Gasteiger partial charge in [-0.25, -0.2) is 4.98 Å². The summed E-state index contributed by atoms with van der Waals surface area (Å²) in [4.78, 5) is 16.2. The Bertz CT molecular complexity index is 625. The molecule has 1 amide bonds. The molecule has 0 saturated carbocycles. The van der Waals surface area contributed by atoms with E-state index in [1.807, 2.05) is 6.07 Å². The van der Waals surface area contributed by atoms with Gasteiger partial charge in [-0.1, -0.05) is 22.9 Å². The van der Waals surface area contributed by atoms with Crippen LogP contribution in [0.4, 0.5) is 5.13 Å². The van der Waals surface area contributed by atoms with Crippen molar-refractivity contribution in [2.24, 2.45) is 0 Å². The number of hydrogen-bond acceptors (Lipinski definition) is 5. The van der Waals surface area contributed by atoms with Crippen LogP contribution in [0.2, 0.25) is 5.02 Å². The third-order valence-electron chi connectivity index (χ3n) is 2.84. The lowest BCUT2D eigenvalue weighted by atomic mass is 10.3. The third-order valence-corrected chi connectivity index (χ3v) is 4.03. The van der Waals surface area contributed by atoms with E-state index in [-0.39, 0.29) is 12.3 Å². The fraction of sp³-hybridized carbons (Fsp3) is 0.385. The zero-order valence-electron chi connectivity index (χ0n) is 10.6. The Morgan fingerprint density at radius 1 is 1.45 bits per heavy atom. The number of aromatic nitrogens is 1. The molecule has 3 rings (SSSR count). The Hall–Kier alpha value is -1.21. The first kappa shape index (κ1) is 13.8. The molecule has 0 radical (unpaired) electrons. The first-order valence-electron chi connectivity index (χ1n) is 6.30. The largest absolute Gasteiger partial charge is 0.352 e. The lowest BCUT2D eigenvalue weighted by Gasteiger charge is -2.22. The van der Waals surface area contributed by atoms with Crippen LogP contribution in [0.3, 0.4) is 0 Å². The molecule has 0 bridgehead atoms. The number of ether oxygens (including phenoxy) is 2. The van der Waals surface area contributed by atoms with Crippen LogP contribution in [-0.2, 0) is 14.3 Å². The number of carbonyl (C=O) groups is 1. The maximum absolute atomic E-state index is 11.9. The molecule has 1 aliphatic heterocycles. The average molecular weight is 313 g/mol. The van der Waals surface area contributed by atoms with Crippen molar-refractivity contribution in [3.63, 3.8) is 0 Å². The fourth-order valence-corrected chi connectivity index (χ4v) is 2.96. The second kappa shape index (κ2) is 6.05. The number of nitrogens with one attached hydrogen (secondary N) is 1. The molecular weight excluding hydrogens is 300 g/mol. The van der Waals surface area contributed by atoms with Crippen LogP contribution in [0.25, 0.3) is 10.2 Å². The molecule has 1 fully saturated rings. The summed E-state index contributed by atoms with van der Waals surface area (Å²) >= 11 is 7.32. The lowest BCUT2D eigenvalue weighted by molar-refractivity contribution is -0.182. The maximum Gasteiger partial charge on any atom is 0.231 e. The highest BCUT2D eigenvalue weighted by atomic mass is 35.5. The predicted octanol–water partition coefficient (Wildman–Crippen LogP) is 3.04. The number of halogens is 1. The number of benzene rings is 1. The van der Waals surface area contributed by atoms with E-state index in [1.54, 1.807) is 12.1 Å². The first-order valence-corrected chi connectivity index (χ1v) is 7.49. The van der Waals surface area contributed by atoms with Crippen molar-refractivity contribution in [2.45, 2.75) is 19.1 Å². The topological polar surface area (TPSA) is 60.5 Å². The van der Waals surface area contributed by atoms with Crippen LogP contribution in [0.5, 0.6) is 0 Å². The SMILES string of the molecule is O=C(CC1OCCCO1)Nc1nc2cc(Cl)ccc2s1. The van der Waals surface area contributed by atoms with Gasteiger partial charge in [-0.05, 0) is 24.6 Å². The zero-order valence-corrected chi connectivity index (χ0v) is 12.2. The van der Waals surface area contributed by atoms with Gasteiger partial charge in [0.05, 0.1) is 29.9 Å². The van der Waals surface area contributed by atoms with Gasteiger partial charge in [-0.3, -0.25) is 4.79 Å². The molecule has 0 atom stereocenters. The average Bonchev–Trinajstić information content (AvgIpc) is 2.80. The third kappa shape index (κ3) is 3.27. The van der Waals surface area contributed by atoms with Crippen LogP contribution in [0, 0.1) is 0 Å². The molecule has 106 valence electrons. The monoisotopic (exact) mass is 312 g/mol. The van der Waals surface area contributed by atoms with E-state index >= 15 is 0 Å². The second-order valence-corrected chi connectivity index (χ2v) is 5.88. The smallest absolute Gasteiger partial charge is 0.231 e. The molecule has 0 spiro atoms. The Morgan fingerprint density at radius 3 is 3.05 bits per heavy atom. The molecule has 0 aliphatic carbocycles. The van der Waals surface area contributed by atoms with E-state index in [0.29, 0.717) is 23.4 Å². The Morgan fingerprint density at radius 2 is 2.25 bits per heavy atom. The summed E-state index contributed by atoms with van der Waals surface area (Å²) in [6.07, 6.45) is 0.598. The molecule has 5 nitrogen and oxygen atoms in total. The van der Waals surface area contributed by atoms with Crippen LogP contribution in [-0.4, -0.2) is 30.4 Å². The van der Waals surface area contributed by atoms with Gasteiger partial charge in [0.15, 0.2) is 11.4 Å². The highest BCUT2D eigenvalue weighted by Gasteiger charge is 2.19. The number of hydrogen-bond donors (Lipinski definition) is 1. The van der Waals surface area contributed by atoms with E-state index < -0.39 is 6.29 Å². The molecule has 1 aromatic carbocycles. The lowest BCUT2D eigenvalue weighted by Crippen LogP contribution is -2.29. The molecule has 20 heavy (non-hydrogen) atoms. The van der Waals surface area contributed by atoms with Gasteiger partial charge in [0.25, 0.3) is 0 Å². The van der Waals surface area contributed by atoms with Gasteiger partial charge >= 0.3 is 0 Å². The quantitative estimate of drug-likeness (QED) is 0.946. The van der Waals surface area contributed by atoms with E-state index in [9.17, 15) is 4.79 Å². The summed E-state index contributed by atoms with van der Waals surface area (Å²) in [5, 5.41) is 3.95. The molecule has 2 heterocycles. The molecule has 1 N–H and O–H groups in total. The summed E-state index contributed by atoms with van der Waals surface area (Å²) in [7, 11) is 0. The molecule has 1 saturated heterocycles. The summed E-state index contributed by atoms with van der Waals surface area (Å²) < 4.78 is 11.7. The summed E-state index contributed by atoms with van der Waals surface area (Å²) in [6.45, 7) is 1.27. The van der Waals surface area contributed by atoms with Crippen molar-refractivity contribution in [1.29, 1.82) is 0 Å². The van der Waals surface area contributed by atoms with Gasteiger partial charge in [-0.2, -0.15) is 0 Å². The Labute approximate surface area is 124 Å². The summed E-state index contributed by atoms with van der Waals surface area (Å²) in [5.74, 6) is -0.165. The number of anilines is 1. The number of thiazole rings is 1. The van der Waals surface area contributed by atoms with E-state index in [1.165, 1.54) is 11.3 Å². The molecular formula is C13H13ClN2O3S. The van der Waals surface area contributed by atoms with Gasteiger partial charge in [-0.15, -0.1) is 0 Å². The van der Waals surface area contributed by atoms with Crippen molar-refractivity contribution >= 4 is 44.2 Å². The first-order chi connectivity index (χ1) is 9.70. The van der Waals surface area contributed by atoms with Gasteiger partial charge in [0, 0.05) is 5.02 Å². The van der Waals surface area contributed by atoms with Gasteiger partial charge < -0.3 is 14.8 Å². The zero-order chi connectivity index (χ0) is 13.9. The summed E-state index contributed by atoms with van der Waals surface area (Å²) in [5.41, 5.74) is 0.781. The van der Waals surface area contributed by atoms with Crippen molar-refractivity contribution in [2.75, 3.05) is 18.5 Å². The van der Waals surface area contributed by atoms with Crippen molar-refractivity contribution < 1.29 is 14.3 Å². The predicted molar refractivity (Wildman–Crippen MR) is 78.2 cm³/mol. The van der Waals surface area contributed by atoms with Crippen LogP contribution in [0.15, 0.2) is 18.2 Å². The van der Waals surface area contributed by atoms with Crippen molar-refractivity contribution in [3.05, 3.63) is 23.2 Å². The minimum absolute atomic E-state index is 0.165. The van der Waals surface area contributed by atoms with Gasteiger partial charge in [0.1, 0.15) is 0 Å². The number of fused-ring (bicyclic) bond motifs is 1. The fourth-order valence-electron chi connectivity index (χ4n) is 1.93.